The van der Waals surface area contributed by atoms with Crippen LogP contribution in [0.25, 0.3) is 0 Å². The predicted octanol–water partition coefficient (Wildman–Crippen LogP) is 1.07. The minimum absolute atomic E-state index is 0.420. The third-order valence-electron chi connectivity index (χ3n) is 4.94. The summed E-state index contributed by atoms with van der Waals surface area (Å²) in [6.07, 6.45) is 3.87. The summed E-state index contributed by atoms with van der Waals surface area (Å²) in [5.74, 6) is 0.690. The lowest BCUT2D eigenvalue weighted by atomic mass is 10.1. The molecule has 1 aliphatic heterocycles. The van der Waals surface area contributed by atoms with Crippen molar-refractivity contribution in [1.29, 1.82) is 0 Å². The highest BCUT2D eigenvalue weighted by atomic mass is 16.5. The fourth-order valence-corrected chi connectivity index (χ4v) is 3.43. The first-order valence-corrected chi connectivity index (χ1v) is 10.6. The quantitative estimate of drug-likeness (QED) is 0.420. The Morgan fingerprint density at radius 1 is 1.20 bits per heavy atom. The number of aliphatic imine (C=N–C) groups is 1. The van der Waals surface area contributed by atoms with E-state index in [1.54, 1.807) is 0 Å². The molecule has 1 saturated heterocycles. The van der Waals surface area contributed by atoms with E-state index in [4.69, 9.17) is 4.74 Å². The highest BCUT2D eigenvalue weighted by molar-refractivity contribution is 5.79. The van der Waals surface area contributed by atoms with Gasteiger partial charge in [0.25, 0.3) is 0 Å². The molecule has 8 nitrogen and oxygen atoms in total. The van der Waals surface area contributed by atoms with E-state index in [0.29, 0.717) is 25.6 Å². The van der Waals surface area contributed by atoms with Crippen molar-refractivity contribution in [2.75, 3.05) is 45.9 Å². The summed E-state index contributed by atoms with van der Waals surface area (Å²) in [5, 5.41) is 21.7. The van der Waals surface area contributed by atoms with Gasteiger partial charge in [-0.3, -0.25) is 9.58 Å². The second-order valence-corrected chi connectivity index (χ2v) is 7.97. The number of aliphatic hydroxyl groups is 1. The Morgan fingerprint density at radius 3 is 2.70 bits per heavy atom. The zero-order valence-electron chi connectivity index (χ0n) is 18.0. The van der Waals surface area contributed by atoms with Gasteiger partial charge >= 0.3 is 0 Å². The standard InChI is InChI=1S/C22H34N6O2/c1-3-23-21(25-17-22(2,29)18-27-9-11-30-12-10-27)24-13-20-14-26-28(16-20)15-19-7-5-4-6-8-19/h4-8,14,16,29H,3,9-13,15,17-18H2,1-2H3,(H2,23,24,25). The molecule has 0 spiro atoms. The molecular formula is C22H34N6O2. The van der Waals surface area contributed by atoms with Crippen LogP contribution in [-0.4, -0.2) is 77.3 Å². The van der Waals surface area contributed by atoms with Crippen LogP contribution in [0.1, 0.15) is 25.0 Å². The summed E-state index contributed by atoms with van der Waals surface area (Å²) in [7, 11) is 0. The summed E-state index contributed by atoms with van der Waals surface area (Å²) in [6, 6.07) is 10.3. The molecule has 3 rings (SSSR count). The fraction of sp³-hybridized carbons (Fsp3) is 0.545. The number of nitrogens with zero attached hydrogens (tertiary/aromatic N) is 4. The van der Waals surface area contributed by atoms with Crippen LogP contribution < -0.4 is 10.6 Å². The highest BCUT2D eigenvalue weighted by Crippen LogP contribution is 2.08. The van der Waals surface area contributed by atoms with Crippen LogP contribution in [0.15, 0.2) is 47.7 Å². The molecule has 3 N–H and O–H groups in total. The molecule has 0 aliphatic carbocycles. The Kier molecular flexibility index (Phi) is 8.24. The monoisotopic (exact) mass is 414 g/mol. The van der Waals surface area contributed by atoms with E-state index in [0.717, 1.165) is 45.0 Å². The molecule has 164 valence electrons. The molecular weight excluding hydrogens is 380 g/mol. The van der Waals surface area contributed by atoms with E-state index in [2.05, 4.69) is 37.8 Å². The van der Waals surface area contributed by atoms with E-state index in [9.17, 15) is 5.11 Å². The molecule has 1 aliphatic rings. The summed E-state index contributed by atoms with van der Waals surface area (Å²) >= 11 is 0. The predicted molar refractivity (Wildman–Crippen MR) is 118 cm³/mol. The van der Waals surface area contributed by atoms with Crippen molar-refractivity contribution in [1.82, 2.24) is 25.3 Å². The van der Waals surface area contributed by atoms with Crippen molar-refractivity contribution < 1.29 is 9.84 Å². The van der Waals surface area contributed by atoms with Gasteiger partial charge in [0.2, 0.25) is 0 Å². The minimum Gasteiger partial charge on any atom is -0.387 e. The third-order valence-corrected chi connectivity index (χ3v) is 4.94. The number of guanidine groups is 1. The lowest BCUT2D eigenvalue weighted by Gasteiger charge is -2.34. The van der Waals surface area contributed by atoms with E-state index in [-0.39, 0.29) is 0 Å². The zero-order chi connectivity index (χ0) is 21.2. The van der Waals surface area contributed by atoms with Crippen molar-refractivity contribution >= 4 is 5.96 Å². The summed E-state index contributed by atoms with van der Waals surface area (Å²) in [5.41, 5.74) is 1.41. The maximum atomic E-state index is 10.8. The molecule has 8 heteroatoms. The molecule has 0 radical (unpaired) electrons. The normalized spacial score (nSPS) is 17.5. The van der Waals surface area contributed by atoms with Gasteiger partial charge in [0.05, 0.1) is 38.1 Å². The van der Waals surface area contributed by atoms with Crippen molar-refractivity contribution in [3.05, 3.63) is 53.9 Å². The SMILES string of the molecule is CCNC(=NCc1cnn(Cc2ccccc2)c1)NCC(C)(O)CN1CCOCC1. The first-order valence-electron chi connectivity index (χ1n) is 10.6. The number of benzene rings is 1. The lowest BCUT2D eigenvalue weighted by Crippen LogP contribution is -2.52. The average Bonchev–Trinajstić information content (AvgIpc) is 3.18. The van der Waals surface area contributed by atoms with Gasteiger partial charge in [0.1, 0.15) is 0 Å². The van der Waals surface area contributed by atoms with Gasteiger partial charge in [0.15, 0.2) is 5.96 Å². The molecule has 1 unspecified atom stereocenters. The van der Waals surface area contributed by atoms with Crippen LogP contribution in [0.5, 0.6) is 0 Å². The molecule has 2 heterocycles. The number of rotatable bonds is 9. The number of morpholine rings is 1. The zero-order valence-corrected chi connectivity index (χ0v) is 18.0. The van der Waals surface area contributed by atoms with Gasteiger partial charge in [-0.05, 0) is 19.4 Å². The maximum Gasteiger partial charge on any atom is 0.191 e. The number of hydrogen-bond donors (Lipinski definition) is 3. The molecule has 30 heavy (non-hydrogen) atoms. The minimum atomic E-state index is -0.853. The second-order valence-electron chi connectivity index (χ2n) is 7.97. The first-order chi connectivity index (χ1) is 14.5. The highest BCUT2D eigenvalue weighted by Gasteiger charge is 2.25. The van der Waals surface area contributed by atoms with Crippen LogP contribution in [0.4, 0.5) is 0 Å². The fourth-order valence-electron chi connectivity index (χ4n) is 3.43. The van der Waals surface area contributed by atoms with Gasteiger partial charge < -0.3 is 20.5 Å². The molecule has 0 bridgehead atoms. The average molecular weight is 415 g/mol. The second kappa shape index (κ2) is 11.1. The molecule has 2 aromatic rings. The molecule has 1 fully saturated rings. The number of β-amino-alcohol motifs (C(OH)–C–C–N with tert-alkyl or cyclic N) is 1. The number of hydrogen-bond acceptors (Lipinski definition) is 5. The summed E-state index contributed by atoms with van der Waals surface area (Å²) < 4.78 is 7.30. The lowest BCUT2D eigenvalue weighted by molar-refractivity contribution is -0.0201. The number of ether oxygens (including phenoxy) is 1. The Morgan fingerprint density at radius 2 is 1.97 bits per heavy atom. The van der Waals surface area contributed by atoms with Gasteiger partial charge in [-0.25, -0.2) is 4.99 Å². The summed E-state index contributed by atoms with van der Waals surface area (Å²) in [6.45, 7) is 10.1. The number of aromatic nitrogens is 2. The molecule has 1 aromatic heterocycles. The molecule has 0 amide bonds. The van der Waals surface area contributed by atoms with Crippen LogP contribution in [0.3, 0.4) is 0 Å². The topological polar surface area (TPSA) is 86.9 Å². The van der Waals surface area contributed by atoms with Crippen molar-refractivity contribution in [2.24, 2.45) is 4.99 Å². The molecule has 0 saturated carbocycles. The van der Waals surface area contributed by atoms with Crippen molar-refractivity contribution in [3.8, 4) is 0 Å². The maximum absolute atomic E-state index is 10.8. The van der Waals surface area contributed by atoms with Crippen LogP contribution in [-0.2, 0) is 17.8 Å². The molecule has 1 aromatic carbocycles. The number of nitrogens with one attached hydrogen (secondary N) is 2. The van der Waals surface area contributed by atoms with E-state index in [1.807, 2.05) is 49.1 Å². The van der Waals surface area contributed by atoms with Crippen LogP contribution in [0, 0.1) is 0 Å². The van der Waals surface area contributed by atoms with E-state index < -0.39 is 5.60 Å². The largest absolute Gasteiger partial charge is 0.387 e. The third kappa shape index (κ3) is 7.44. The smallest absolute Gasteiger partial charge is 0.191 e. The van der Waals surface area contributed by atoms with Crippen LogP contribution >= 0.6 is 0 Å². The Balaban J connectivity index is 1.51. The van der Waals surface area contributed by atoms with E-state index in [1.165, 1.54) is 5.56 Å². The van der Waals surface area contributed by atoms with Gasteiger partial charge in [-0.2, -0.15) is 5.10 Å². The van der Waals surface area contributed by atoms with Gasteiger partial charge in [-0.15, -0.1) is 0 Å². The first kappa shape index (κ1) is 22.3. The van der Waals surface area contributed by atoms with Crippen molar-refractivity contribution in [2.45, 2.75) is 32.5 Å². The Bertz CT molecular complexity index is 784. The van der Waals surface area contributed by atoms with Gasteiger partial charge in [0, 0.05) is 44.5 Å². The Hall–Kier alpha value is -2.42. The van der Waals surface area contributed by atoms with Crippen molar-refractivity contribution in [3.63, 3.8) is 0 Å². The van der Waals surface area contributed by atoms with Gasteiger partial charge in [-0.1, -0.05) is 30.3 Å². The molecule has 1 atom stereocenters. The van der Waals surface area contributed by atoms with E-state index >= 15 is 0 Å². The summed E-state index contributed by atoms with van der Waals surface area (Å²) in [4.78, 5) is 6.88. The van der Waals surface area contributed by atoms with Crippen LogP contribution in [0.2, 0.25) is 0 Å². The Labute approximate surface area is 178 Å².